The Balaban J connectivity index is 0.00000320. The zero-order valence-electron chi connectivity index (χ0n) is 18.1. The van der Waals surface area contributed by atoms with Crippen molar-refractivity contribution in [3.8, 4) is 0 Å². The largest absolute Gasteiger partial charge is 0.376 e. The van der Waals surface area contributed by atoms with Gasteiger partial charge >= 0.3 is 0 Å². The quantitative estimate of drug-likeness (QED) is 0.292. The molecule has 1 aromatic rings. The number of rotatable bonds is 9. The highest BCUT2D eigenvalue weighted by atomic mass is 127. The van der Waals surface area contributed by atoms with Crippen LogP contribution in [0.3, 0.4) is 0 Å². The number of nitrogens with zero attached hydrogens (tertiary/aromatic N) is 2. The summed E-state index contributed by atoms with van der Waals surface area (Å²) in [5, 5.41) is 6.52. The van der Waals surface area contributed by atoms with Gasteiger partial charge in [0.05, 0.1) is 19.8 Å². The van der Waals surface area contributed by atoms with Crippen LogP contribution in [-0.4, -0.2) is 55.6 Å². The molecule has 1 unspecified atom stereocenters. The number of benzene rings is 1. The minimum atomic E-state index is 0. The smallest absolute Gasteiger partial charge is 0.222 e. The summed E-state index contributed by atoms with van der Waals surface area (Å²) in [6.45, 7) is 6.83. The highest BCUT2D eigenvalue weighted by molar-refractivity contribution is 14.0. The van der Waals surface area contributed by atoms with Crippen LogP contribution in [0.1, 0.15) is 51.0 Å². The average molecular weight is 528 g/mol. The van der Waals surface area contributed by atoms with E-state index < -0.39 is 0 Å². The summed E-state index contributed by atoms with van der Waals surface area (Å²) < 4.78 is 5.93. The second-order valence-electron chi connectivity index (χ2n) is 8.14. The fourth-order valence-corrected chi connectivity index (χ4v) is 4.14. The van der Waals surface area contributed by atoms with Gasteiger partial charge in [-0.3, -0.25) is 9.79 Å². The third kappa shape index (κ3) is 8.41. The summed E-state index contributed by atoms with van der Waals surface area (Å²) in [6.07, 6.45) is 6.29. The van der Waals surface area contributed by atoms with Gasteiger partial charge in [-0.25, -0.2) is 0 Å². The van der Waals surface area contributed by atoms with Crippen LogP contribution in [0.2, 0.25) is 0 Å². The molecule has 0 spiro atoms. The van der Waals surface area contributed by atoms with E-state index in [0.29, 0.717) is 31.5 Å². The number of hydrogen-bond donors (Lipinski definition) is 2. The Morgan fingerprint density at radius 1 is 1.20 bits per heavy atom. The molecule has 1 saturated heterocycles. The van der Waals surface area contributed by atoms with Gasteiger partial charge in [0.1, 0.15) is 0 Å². The van der Waals surface area contributed by atoms with Crippen LogP contribution < -0.4 is 10.6 Å². The SMILES string of the molecule is CCNC(=NCCC(=O)NC1CCCC1)N1CCC(COCc2ccccc2)C1.I. The summed E-state index contributed by atoms with van der Waals surface area (Å²) in [5.41, 5.74) is 1.22. The third-order valence-electron chi connectivity index (χ3n) is 5.71. The molecule has 6 nitrogen and oxygen atoms in total. The average Bonchev–Trinajstić information content (AvgIpc) is 3.40. The van der Waals surface area contributed by atoms with Crippen LogP contribution in [0.4, 0.5) is 0 Å². The van der Waals surface area contributed by atoms with Gasteiger partial charge in [0.2, 0.25) is 5.91 Å². The summed E-state index contributed by atoms with van der Waals surface area (Å²) in [6, 6.07) is 10.7. The van der Waals surface area contributed by atoms with Crippen molar-refractivity contribution in [1.29, 1.82) is 0 Å². The molecule has 1 amide bonds. The number of carbonyl (C=O) groups is 1. The maximum absolute atomic E-state index is 12.1. The summed E-state index contributed by atoms with van der Waals surface area (Å²) >= 11 is 0. The molecule has 2 aliphatic rings. The summed E-state index contributed by atoms with van der Waals surface area (Å²) in [7, 11) is 0. The summed E-state index contributed by atoms with van der Waals surface area (Å²) in [4.78, 5) is 19.1. The number of hydrogen-bond acceptors (Lipinski definition) is 3. The molecule has 2 fully saturated rings. The van der Waals surface area contributed by atoms with Crippen molar-refractivity contribution in [3.63, 3.8) is 0 Å². The molecule has 30 heavy (non-hydrogen) atoms. The maximum Gasteiger partial charge on any atom is 0.222 e. The van der Waals surface area contributed by atoms with Gasteiger partial charge in [-0.2, -0.15) is 0 Å². The van der Waals surface area contributed by atoms with Crippen LogP contribution >= 0.6 is 24.0 Å². The van der Waals surface area contributed by atoms with Crippen LogP contribution in [0.5, 0.6) is 0 Å². The van der Waals surface area contributed by atoms with E-state index in [-0.39, 0.29) is 29.9 Å². The molecule has 2 N–H and O–H groups in total. The Morgan fingerprint density at radius 2 is 1.97 bits per heavy atom. The number of aliphatic imine (C=N–C) groups is 1. The van der Waals surface area contributed by atoms with Crippen LogP contribution in [0.15, 0.2) is 35.3 Å². The molecule has 3 rings (SSSR count). The van der Waals surface area contributed by atoms with E-state index in [9.17, 15) is 4.79 Å². The van der Waals surface area contributed by atoms with E-state index in [1.807, 2.05) is 18.2 Å². The van der Waals surface area contributed by atoms with Gasteiger partial charge in [0.25, 0.3) is 0 Å². The fourth-order valence-electron chi connectivity index (χ4n) is 4.14. The van der Waals surface area contributed by atoms with E-state index in [1.54, 1.807) is 0 Å². The molecule has 7 heteroatoms. The number of amides is 1. The van der Waals surface area contributed by atoms with Crippen LogP contribution in [0, 0.1) is 5.92 Å². The van der Waals surface area contributed by atoms with Crippen molar-refractivity contribution in [2.45, 2.75) is 58.1 Å². The second kappa shape index (κ2) is 13.9. The van der Waals surface area contributed by atoms with Crippen molar-refractivity contribution in [2.75, 3.05) is 32.8 Å². The van der Waals surface area contributed by atoms with Gasteiger partial charge in [0, 0.05) is 38.0 Å². The Hall–Kier alpha value is -1.35. The molecule has 1 saturated carbocycles. The number of ether oxygens (including phenoxy) is 1. The lowest BCUT2D eigenvalue weighted by Crippen LogP contribution is -2.40. The molecular weight excluding hydrogens is 491 g/mol. The standard InChI is InChI=1S/C23H36N4O2.HI/c1-2-24-23(25-14-12-22(28)26-21-10-6-7-11-21)27-15-13-20(16-27)18-29-17-19-8-4-3-5-9-19;/h3-5,8-9,20-21H,2,6-7,10-18H2,1H3,(H,24,25)(H,26,28);1H. The lowest BCUT2D eigenvalue weighted by Gasteiger charge is -2.21. The van der Waals surface area contributed by atoms with Gasteiger partial charge in [0.15, 0.2) is 5.96 Å². The first kappa shape index (κ1) is 24.9. The third-order valence-corrected chi connectivity index (χ3v) is 5.71. The van der Waals surface area contributed by atoms with E-state index in [2.05, 4.69) is 34.6 Å². The van der Waals surface area contributed by atoms with Gasteiger partial charge in [-0.05, 0) is 31.7 Å². The van der Waals surface area contributed by atoms with Crippen molar-refractivity contribution in [1.82, 2.24) is 15.5 Å². The number of guanidine groups is 1. The van der Waals surface area contributed by atoms with Gasteiger partial charge < -0.3 is 20.3 Å². The Kier molecular flexibility index (Phi) is 11.5. The minimum Gasteiger partial charge on any atom is -0.376 e. The molecule has 0 bridgehead atoms. The molecule has 1 aliphatic carbocycles. The number of likely N-dealkylation sites (tertiary alicyclic amines) is 1. The van der Waals surface area contributed by atoms with Crippen LogP contribution in [0.25, 0.3) is 0 Å². The highest BCUT2D eigenvalue weighted by Gasteiger charge is 2.25. The monoisotopic (exact) mass is 528 g/mol. The van der Waals surface area contributed by atoms with Crippen molar-refractivity contribution in [2.24, 2.45) is 10.9 Å². The van der Waals surface area contributed by atoms with E-state index >= 15 is 0 Å². The zero-order valence-corrected chi connectivity index (χ0v) is 20.5. The van der Waals surface area contributed by atoms with Crippen molar-refractivity contribution < 1.29 is 9.53 Å². The van der Waals surface area contributed by atoms with E-state index in [4.69, 9.17) is 9.73 Å². The lowest BCUT2D eigenvalue weighted by atomic mass is 10.1. The molecule has 1 aliphatic heterocycles. The molecule has 0 radical (unpaired) electrons. The fraction of sp³-hybridized carbons (Fsp3) is 0.652. The van der Waals surface area contributed by atoms with Crippen molar-refractivity contribution in [3.05, 3.63) is 35.9 Å². The van der Waals surface area contributed by atoms with Crippen molar-refractivity contribution >= 4 is 35.8 Å². The summed E-state index contributed by atoms with van der Waals surface area (Å²) in [5.74, 6) is 1.57. The molecule has 1 heterocycles. The molecule has 1 atom stereocenters. The molecular formula is C23H37IN4O2. The predicted octanol–water partition coefficient (Wildman–Crippen LogP) is 3.56. The van der Waals surface area contributed by atoms with Gasteiger partial charge in [-0.15, -0.1) is 24.0 Å². The molecule has 168 valence electrons. The maximum atomic E-state index is 12.1. The molecule has 0 aromatic heterocycles. The molecule has 1 aromatic carbocycles. The second-order valence-corrected chi connectivity index (χ2v) is 8.14. The lowest BCUT2D eigenvalue weighted by molar-refractivity contribution is -0.121. The first-order valence-corrected chi connectivity index (χ1v) is 11.2. The number of nitrogens with one attached hydrogen (secondary N) is 2. The Labute approximate surface area is 198 Å². The number of carbonyl (C=O) groups excluding carboxylic acids is 1. The minimum absolute atomic E-state index is 0. The normalized spacial score (nSPS) is 19.6. The Morgan fingerprint density at radius 3 is 2.70 bits per heavy atom. The number of halogens is 1. The Bertz CT molecular complexity index is 650. The topological polar surface area (TPSA) is 66.0 Å². The first-order chi connectivity index (χ1) is 14.2. The highest BCUT2D eigenvalue weighted by Crippen LogP contribution is 2.18. The first-order valence-electron chi connectivity index (χ1n) is 11.2. The van der Waals surface area contributed by atoms with Crippen LogP contribution in [-0.2, 0) is 16.1 Å². The van der Waals surface area contributed by atoms with Gasteiger partial charge in [-0.1, -0.05) is 43.2 Å². The zero-order chi connectivity index (χ0) is 20.3. The van der Waals surface area contributed by atoms with E-state index in [0.717, 1.165) is 51.5 Å². The predicted molar refractivity (Wildman–Crippen MR) is 132 cm³/mol. The van der Waals surface area contributed by atoms with E-state index in [1.165, 1.54) is 18.4 Å².